The summed E-state index contributed by atoms with van der Waals surface area (Å²) in [6.45, 7) is 0. The fraction of sp³-hybridized carbons (Fsp3) is 0. The van der Waals surface area contributed by atoms with E-state index in [0.717, 1.165) is 6.07 Å². The van der Waals surface area contributed by atoms with Crippen LogP contribution in [0.2, 0.25) is 5.02 Å². The topological polar surface area (TPSA) is 126 Å². The number of nitrogens with one attached hydrogen (secondary N) is 2. The predicted octanol–water partition coefficient (Wildman–Crippen LogP) is 2.19. The number of nitrogen functional groups attached to an aromatic ring is 1. The van der Waals surface area contributed by atoms with Crippen molar-refractivity contribution in [3.05, 3.63) is 76.2 Å². The minimum Gasteiger partial charge on any atom is -0.382 e. The molecule has 3 aromatic rings. The molecule has 0 unspecified atom stereocenters. The number of anilines is 1. The van der Waals surface area contributed by atoms with Crippen LogP contribution < -0.4 is 16.6 Å². The first-order valence-electron chi connectivity index (χ1n) is 7.80. The standard InChI is InChI=1S/C18H12ClFN6O2/c19-12-4-5-14(15(20)7-12)18(28)25-24-17(27)10-2-1-3-13(6-10)26-16(22)11(8-21)9-23-26/h1-7,9H,22H2,(H,24,27)(H,25,28). The highest BCUT2D eigenvalue weighted by molar-refractivity contribution is 6.30. The molecule has 0 saturated heterocycles. The average Bonchev–Trinajstić information content (AvgIpc) is 3.06. The Morgan fingerprint density at radius 1 is 1.18 bits per heavy atom. The molecule has 0 radical (unpaired) electrons. The summed E-state index contributed by atoms with van der Waals surface area (Å²) in [5.41, 5.74) is 10.7. The third-order valence-electron chi connectivity index (χ3n) is 3.75. The fourth-order valence-corrected chi connectivity index (χ4v) is 2.51. The molecule has 1 aromatic heterocycles. The van der Waals surface area contributed by atoms with Crippen molar-refractivity contribution in [1.29, 1.82) is 5.26 Å². The van der Waals surface area contributed by atoms with Crippen LogP contribution in [0.4, 0.5) is 10.2 Å². The minimum absolute atomic E-state index is 0.131. The Morgan fingerprint density at radius 2 is 1.93 bits per heavy atom. The first kappa shape index (κ1) is 18.9. The number of nitrogens with zero attached hydrogens (tertiary/aromatic N) is 3. The van der Waals surface area contributed by atoms with Crippen molar-refractivity contribution in [2.24, 2.45) is 0 Å². The van der Waals surface area contributed by atoms with Gasteiger partial charge >= 0.3 is 0 Å². The summed E-state index contributed by atoms with van der Waals surface area (Å²) in [5, 5.41) is 13.1. The fourth-order valence-electron chi connectivity index (χ4n) is 2.36. The van der Waals surface area contributed by atoms with Crippen LogP contribution in [-0.4, -0.2) is 21.6 Å². The zero-order valence-corrected chi connectivity index (χ0v) is 14.9. The number of hydrogen-bond acceptors (Lipinski definition) is 5. The van der Waals surface area contributed by atoms with Crippen LogP contribution in [0.3, 0.4) is 0 Å². The lowest BCUT2D eigenvalue weighted by molar-refractivity contribution is 0.0844. The molecule has 0 aliphatic carbocycles. The maximum Gasteiger partial charge on any atom is 0.272 e. The zero-order valence-electron chi connectivity index (χ0n) is 14.1. The SMILES string of the molecule is N#Cc1cnn(-c2cccc(C(=O)NNC(=O)c3ccc(Cl)cc3F)c2)c1N. The van der Waals surface area contributed by atoms with E-state index in [4.69, 9.17) is 22.6 Å². The lowest BCUT2D eigenvalue weighted by Crippen LogP contribution is -2.42. The van der Waals surface area contributed by atoms with Gasteiger partial charge in [0.1, 0.15) is 23.3 Å². The molecule has 2 aromatic carbocycles. The molecule has 0 saturated carbocycles. The number of amides is 2. The van der Waals surface area contributed by atoms with Crippen LogP contribution in [0.1, 0.15) is 26.3 Å². The Bertz CT molecular complexity index is 1120. The molecule has 28 heavy (non-hydrogen) atoms. The van der Waals surface area contributed by atoms with Crippen molar-refractivity contribution in [2.75, 3.05) is 5.73 Å². The van der Waals surface area contributed by atoms with Gasteiger partial charge in [0.15, 0.2) is 0 Å². The second-order valence-electron chi connectivity index (χ2n) is 5.55. The summed E-state index contributed by atoms with van der Waals surface area (Å²) in [7, 11) is 0. The van der Waals surface area contributed by atoms with E-state index in [1.54, 1.807) is 12.1 Å². The number of carbonyl (C=O) groups is 2. The highest BCUT2D eigenvalue weighted by Gasteiger charge is 2.15. The van der Waals surface area contributed by atoms with Crippen molar-refractivity contribution in [3.8, 4) is 11.8 Å². The average molecular weight is 399 g/mol. The molecule has 140 valence electrons. The van der Waals surface area contributed by atoms with Crippen molar-refractivity contribution in [2.45, 2.75) is 0 Å². The summed E-state index contributed by atoms with van der Waals surface area (Å²) >= 11 is 5.64. The maximum absolute atomic E-state index is 13.8. The second-order valence-corrected chi connectivity index (χ2v) is 5.99. The molecule has 2 amide bonds. The monoisotopic (exact) mass is 398 g/mol. The Hall–Kier alpha value is -3.90. The van der Waals surface area contributed by atoms with Crippen LogP contribution >= 0.6 is 11.6 Å². The van der Waals surface area contributed by atoms with E-state index in [-0.39, 0.29) is 27.5 Å². The van der Waals surface area contributed by atoms with E-state index in [2.05, 4.69) is 16.0 Å². The van der Waals surface area contributed by atoms with Crippen molar-refractivity contribution in [1.82, 2.24) is 20.6 Å². The Kier molecular flexibility index (Phi) is 5.24. The summed E-state index contributed by atoms with van der Waals surface area (Å²) in [4.78, 5) is 24.3. The number of rotatable bonds is 3. The molecule has 4 N–H and O–H groups in total. The molecule has 1 heterocycles. The van der Waals surface area contributed by atoms with Gasteiger partial charge in [0.2, 0.25) is 0 Å². The maximum atomic E-state index is 13.8. The normalized spacial score (nSPS) is 10.2. The Balaban J connectivity index is 1.74. The Morgan fingerprint density at radius 3 is 2.61 bits per heavy atom. The molecule has 0 aliphatic heterocycles. The molecular weight excluding hydrogens is 387 g/mol. The van der Waals surface area contributed by atoms with E-state index >= 15 is 0 Å². The second kappa shape index (κ2) is 7.77. The van der Waals surface area contributed by atoms with E-state index in [0.29, 0.717) is 5.69 Å². The molecule has 3 rings (SSSR count). The number of aromatic nitrogens is 2. The number of hydrogen-bond donors (Lipinski definition) is 3. The van der Waals surface area contributed by atoms with Gasteiger partial charge in [0.25, 0.3) is 11.8 Å². The van der Waals surface area contributed by atoms with Crippen LogP contribution in [0.25, 0.3) is 5.69 Å². The number of nitriles is 1. The van der Waals surface area contributed by atoms with Crippen molar-refractivity contribution < 1.29 is 14.0 Å². The lowest BCUT2D eigenvalue weighted by atomic mass is 10.2. The molecule has 0 spiro atoms. The van der Waals surface area contributed by atoms with E-state index in [1.165, 1.54) is 35.1 Å². The van der Waals surface area contributed by atoms with Gasteiger partial charge in [0, 0.05) is 10.6 Å². The van der Waals surface area contributed by atoms with Gasteiger partial charge in [0.05, 0.1) is 17.4 Å². The molecule has 0 bridgehead atoms. The first-order valence-corrected chi connectivity index (χ1v) is 8.18. The quantitative estimate of drug-likeness (QED) is 0.583. The van der Waals surface area contributed by atoms with Gasteiger partial charge in [-0.15, -0.1) is 0 Å². The molecule has 0 fully saturated rings. The number of carbonyl (C=O) groups excluding carboxylic acids is 2. The summed E-state index contributed by atoms with van der Waals surface area (Å²) in [6.07, 6.45) is 1.31. The highest BCUT2D eigenvalue weighted by atomic mass is 35.5. The molecule has 10 heteroatoms. The van der Waals surface area contributed by atoms with Crippen molar-refractivity contribution >= 4 is 29.2 Å². The Labute approximate surface area is 163 Å². The van der Waals surface area contributed by atoms with E-state index < -0.39 is 17.6 Å². The first-order chi connectivity index (χ1) is 13.4. The van der Waals surface area contributed by atoms with Gasteiger partial charge < -0.3 is 5.73 Å². The molecule has 0 atom stereocenters. The van der Waals surface area contributed by atoms with Crippen LogP contribution in [0, 0.1) is 17.1 Å². The molecule has 0 aliphatic rings. The lowest BCUT2D eigenvalue weighted by Gasteiger charge is -2.10. The molecular formula is C18H12ClFN6O2. The summed E-state index contributed by atoms with van der Waals surface area (Å²) < 4.78 is 15.1. The van der Waals surface area contributed by atoms with Crippen LogP contribution in [0.5, 0.6) is 0 Å². The third-order valence-corrected chi connectivity index (χ3v) is 3.98. The van der Waals surface area contributed by atoms with Gasteiger partial charge in [-0.3, -0.25) is 20.4 Å². The van der Waals surface area contributed by atoms with Gasteiger partial charge in [-0.2, -0.15) is 10.4 Å². The van der Waals surface area contributed by atoms with E-state index in [9.17, 15) is 14.0 Å². The summed E-state index contributed by atoms with van der Waals surface area (Å²) in [5.74, 6) is -2.17. The zero-order chi connectivity index (χ0) is 20.3. The number of nitrogens with two attached hydrogens (primary N) is 1. The minimum atomic E-state index is -0.839. The largest absolute Gasteiger partial charge is 0.382 e. The van der Waals surface area contributed by atoms with Gasteiger partial charge in [-0.05, 0) is 36.4 Å². The molecule has 8 nitrogen and oxygen atoms in total. The van der Waals surface area contributed by atoms with Gasteiger partial charge in [-0.1, -0.05) is 17.7 Å². The van der Waals surface area contributed by atoms with E-state index in [1.807, 2.05) is 6.07 Å². The smallest absolute Gasteiger partial charge is 0.272 e. The summed E-state index contributed by atoms with van der Waals surface area (Å²) in [6, 6.07) is 11.6. The highest BCUT2D eigenvalue weighted by Crippen LogP contribution is 2.17. The van der Waals surface area contributed by atoms with Crippen LogP contribution in [-0.2, 0) is 0 Å². The van der Waals surface area contributed by atoms with Crippen LogP contribution in [0.15, 0.2) is 48.7 Å². The van der Waals surface area contributed by atoms with Crippen molar-refractivity contribution in [3.63, 3.8) is 0 Å². The number of halogens is 2. The number of benzene rings is 2. The predicted molar refractivity (Wildman–Crippen MR) is 99.0 cm³/mol. The third kappa shape index (κ3) is 3.77. The van der Waals surface area contributed by atoms with Gasteiger partial charge in [-0.25, -0.2) is 9.07 Å². The number of hydrazine groups is 1.